The SMILES string of the molecule is CN(C)C1(c2cccc(F)c2)CC2(CN(c3ccc(OC(F)(F)F)cn3)C(=O)N2)C1.CN(C)C1(c2cccc(F)c2)CC2(CN(c3ccc(OC(F)(F)F)cn3)C(=O)N2CC2CC2)C1.Cc1cc(C#N)cnc1N1CC2(CC(c3cccc(F)c3)(N(C)C)C2)N(CC2CC2)C1=O.Cc1cc(N2CCOCC2)ncc1N1CC2(CC(c3ccccc3)(N(C)C)C2)NC1=O. The van der Waals surface area contributed by atoms with Gasteiger partial charge in [-0.25, -0.2) is 52.3 Å². The molecular weight excluding hydrogens is 1650 g/mol. The number of rotatable bonds is 19. The Morgan fingerprint density at radius 3 is 1.28 bits per heavy atom. The number of halogens is 9. The van der Waals surface area contributed by atoms with E-state index in [1.807, 2.05) is 88.3 Å². The lowest BCUT2D eigenvalue weighted by Crippen LogP contribution is -2.67. The van der Waals surface area contributed by atoms with E-state index < -0.39 is 46.4 Å². The van der Waals surface area contributed by atoms with Gasteiger partial charge in [0.15, 0.2) is 0 Å². The molecule has 6 saturated carbocycles. The number of nitrogens with zero attached hydrogens (tertiary/aromatic N) is 16. The van der Waals surface area contributed by atoms with E-state index in [9.17, 15) is 64.0 Å². The molecule has 127 heavy (non-hydrogen) atoms. The molecule has 0 atom stereocenters. The summed E-state index contributed by atoms with van der Waals surface area (Å²) in [4.78, 5) is 91.2. The Labute approximate surface area is 732 Å². The van der Waals surface area contributed by atoms with Crippen LogP contribution in [-0.4, -0.2) is 230 Å². The molecule has 25 nitrogen and oxygen atoms in total. The number of morpholine rings is 1. The third-order valence-corrected chi connectivity index (χ3v) is 27.8. The van der Waals surface area contributed by atoms with Crippen LogP contribution in [0.5, 0.6) is 11.5 Å². The van der Waals surface area contributed by atoms with E-state index in [-0.39, 0.29) is 75.4 Å². The van der Waals surface area contributed by atoms with Crippen molar-refractivity contribution in [3.63, 3.8) is 0 Å². The number of anilines is 5. The van der Waals surface area contributed by atoms with Gasteiger partial charge in [-0.3, -0.25) is 39.2 Å². The molecule has 4 spiro atoms. The van der Waals surface area contributed by atoms with Crippen molar-refractivity contribution in [2.45, 2.75) is 148 Å². The number of amides is 8. The maximum absolute atomic E-state index is 14.1. The van der Waals surface area contributed by atoms with Crippen molar-refractivity contribution in [1.29, 1.82) is 5.26 Å². The number of pyridine rings is 4. The van der Waals surface area contributed by atoms with Gasteiger partial charge in [0, 0.05) is 32.4 Å². The monoisotopic (exact) mass is 1760 g/mol. The molecule has 8 aromatic rings. The zero-order valence-corrected chi connectivity index (χ0v) is 72.7. The Balaban J connectivity index is 0.000000125. The molecular formula is C93H105F9N18O7. The molecule has 4 aromatic carbocycles. The first kappa shape index (κ1) is 89.0. The zero-order valence-electron chi connectivity index (χ0n) is 72.7. The Bertz CT molecular complexity index is 5450. The number of hydrogen-bond donors (Lipinski definition) is 2. The van der Waals surface area contributed by atoms with Crippen LogP contribution in [0, 0.1) is 54.5 Å². The topological polar surface area (TPSA) is 231 Å². The lowest BCUT2D eigenvalue weighted by Gasteiger charge is -2.60. The zero-order chi connectivity index (χ0) is 90.3. The molecule has 5 saturated heterocycles. The van der Waals surface area contributed by atoms with Gasteiger partial charge >= 0.3 is 36.8 Å². The highest BCUT2D eigenvalue weighted by molar-refractivity contribution is 5.98. The van der Waals surface area contributed by atoms with Crippen LogP contribution in [0.15, 0.2) is 164 Å². The van der Waals surface area contributed by atoms with Crippen molar-refractivity contribution in [1.82, 2.24) is 60.0 Å². The molecule has 5 aliphatic heterocycles. The van der Waals surface area contributed by atoms with Crippen molar-refractivity contribution >= 4 is 53.1 Å². The number of benzene rings is 4. The lowest BCUT2D eigenvalue weighted by molar-refractivity contribution is -0.275. The van der Waals surface area contributed by atoms with Crippen LogP contribution in [0.4, 0.5) is 87.7 Å². The third kappa shape index (κ3) is 17.5. The first-order chi connectivity index (χ1) is 60.2. The second-order valence-corrected chi connectivity index (χ2v) is 37.1. The first-order valence-corrected chi connectivity index (χ1v) is 42.7. The highest BCUT2D eigenvalue weighted by atomic mass is 19.4. The van der Waals surface area contributed by atoms with E-state index in [2.05, 4.69) is 128 Å². The van der Waals surface area contributed by atoms with Gasteiger partial charge in [0.25, 0.3) is 0 Å². The van der Waals surface area contributed by atoms with Crippen LogP contribution in [0.25, 0.3) is 0 Å². The van der Waals surface area contributed by atoms with Crippen molar-refractivity contribution in [2.75, 3.05) is 146 Å². The van der Waals surface area contributed by atoms with Crippen LogP contribution < -0.4 is 44.6 Å². The Hall–Kier alpha value is -11.4. The molecule has 34 heteroatoms. The fraction of sp³-hybridized carbons (Fsp3) is 0.473. The number of alkyl halides is 6. The van der Waals surface area contributed by atoms with Gasteiger partial charge < -0.3 is 39.5 Å². The number of aryl methyl sites for hydroxylation is 2. The summed E-state index contributed by atoms with van der Waals surface area (Å²) >= 11 is 0. The summed E-state index contributed by atoms with van der Waals surface area (Å²) < 4.78 is 129. The summed E-state index contributed by atoms with van der Waals surface area (Å²) in [6.45, 7) is 10.4. The number of carbonyl (C=O) groups is 4. The van der Waals surface area contributed by atoms with E-state index >= 15 is 0 Å². The summed E-state index contributed by atoms with van der Waals surface area (Å²) in [5.74, 6) is 1.36. The van der Waals surface area contributed by atoms with Crippen LogP contribution in [0.3, 0.4) is 0 Å². The summed E-state index contributed by atoms with van der Waals surface area (Å²) in [7, 11) is 16.1. The Morgan fingerprint density at radius 1 is 0.457 bits per heavy atom. The number of nitrogens with one attached hydrogen (secondary N) is 2. The quantitative estimate of drug-likeness (QED) is 0.0717. The van der Waals surface area contributed by atoms with Gasteiger partial charge in [-0.05, 0) is 265 Å². The highest BCUT2D eigenvalue weighted by Crippen LogP contribution is 2.61. The van der Waals surface area contributed by atoms with E-state index in [0.29, 0.717) is 81.6 Å². The molecule has 0 unspecified atom stereocenters. The van der Waals surface area contributed by atoms with E-state index in [0.717, 1.165) is 148 Å². The largest absolute Gasteiger partial charge is 0.573 e. The van der Waals surface area contributed by atoms with Crippen molar-refractivity contribution in [3.05, 3.63) is 221 Å². The van der Waals surface area contributed by atoms with E-state index in [1.54, 1.807) is 41.3 Å². The first-order valence-electron chi connectivity index (χ1n) is 42.7. The van der Waals surface area contributed by atoms with Gasteiger partial charge in [-0.2, -0.15) is 5.26 Å². The average Bonchev–Trinajstić information content (AvgIpc) is 1.57. The maximum atomic E-state index is 14.1. The minimum Gasteiger partial charge on any atom is -0.404 e. The second kappa shape index (κ2) is 33.7. The standard InChI is InChI=1S/C25H28FN5O.C24H26F4N4O2.C24H31N5O2.C20H20F4N4O2/c1-17-9-19(11-27)12-28-22(17)30-16-24(31(23(30)32)13-18-7-8-18)14-25(15-24,29(2)3)20-5-4-6-21(26)10-20;1-30(2)23(17-4-3-5-18(25)10-17)13-22(14-23)15-31(21(33)32(22)12-16-6-7-16)20-9-8-19(11-29-20)34-24(26,27)28;1-18-13-21(28-9-11-31-12-10-28)25-14-20(18)29-17-23(26-22(29)30)15-24(16-23,27(2)3)19-7-5-4-6-8-19;1-27(2)19(13-4-3-5-14(21)8-13)10-18(11-19)12-28(17(29)26-18)16-7-6-15(9-25-16)30-20(22,23)24/h4-6,9-10,12,18H,7-8,13-16H2,1-3H3;3-5,8-11,16H,6-7,12-15H2,1-2H3;4-8,13-14H,9-12,15-17H2,1-3H3,(H,26,30);3-9H,10-12H2,1-2H3,(H,26,29). The molecule has 0 radical (unpaired) electrons. The summed E-state index contributed by atoms with van der Waals surface area (Å²) in [5.41, 5.74) is 4.55. The fourth-order valence-corrected chi connectivity index (χ4v) is 21.0. The van der Waals surface area contributed by atoms with Gasteiger partial charge in [0.05, 0.1) is 114 Å². The minimum absolute atomic E-state index is 0.0104. The average molecular weight is 1760 g/mol. The lowest BCUT2D eigenvalue weighted by atomic mass is 9.58. The number of carbonyl (C=O) groups excluding carboxylic acids is 4. The maximum Gasteiger partial charge on any atom is 0.573 e. The molecule has 11 aliphatic rings. The summed E-state index contributed by atoms with van der Waals surface area (Å²) in [6.07, 6.45) is 5.83. The number of hydrogen-bond acceptors (Lipinski definition) is 17. The van der Waals surface area contributed by atoms with Crippen molar-refractivity contribution in [2.24, 2.45) is 11.8 Å². The number of urea groups is 4. The Kier molecular flexibility index (Phi) is 23.6. The van der Waals surface area contributed by atoms with Crippen LogP contribution in [-0.2, 0) is 26.9 Å². The number of aromatic nitrogens is 4. The van der Waals surface area contributed by atoms with Crippen molar-refractivity contribution in [3.8, 4) is 17.6 Å². The molecule has 0 bridgehead atoms. The predicted molar refractivity (Wildman–Crippen MR) is 459 cm³/mol. The summed E-state index contributed by atoms with van der Waals surface area (Å²) in [5, 5.41) is 15.5. The molecule has 19 rings (SSSR count). The van der Waals surface area contributed by atoms with Gasteiger partial charge in [-0.15, -0.1) is 26.3 Å². The fourth-order valence-electron chi connectivity index (χ4n) is 21.0. The van der Waals surface area contributed by atoms with Crippen LogP contribution >= 0.6 is 0 Å². The number of nitriles is 1. The molecule has 9 heterocycles. The van der Waals surface area contributed by atoms with Crippen LogP contribution in [0.2, 0.25) is 0 Å². The van der Waals surface area contributed by atoms with Gasteiger partial charge in [-0.1, -0.05) is 66.7 Å². The molecule has 6 aliphatic carbocycles. The predicted octanol–water partition coefficient (Wildman–Crippen LogP) is 15.2. The van der Waals surface area contributed by atoms with Crippen LogP contribution in [0.1, 0.15) is 116 Å². The molecule has 8 amide bonds. The molecule has 2 N–H and O–H groups in total. The van der Waals surface area contributed by atoms with Gasteiger partial charge in [0.1, 0.15) is 58.3 Å². The second-order valence-electron chi connectivity index (χ2n) is 37.1. The number of ether oxygens (including phenoxy) is 3. The third-order valence-electron chi connectivity index (χ3n) is 27.8. The molecule has 11 fully saturated rings. The Morgan fingerprint density at radius 2 is 0.866 bits per heavy atom. The van der Waals surface area contributed by atoms with Crippen molar-refractivity contribution < 1.29 is 72.9 Å². The smallest absolute Gasteiger partial charge is 0.404 e. The molecule has 672 valence electrons. The van der Waals surface area contributed by atoms with Gasteiger partial charge in [0.2, 0.25) is 0 Å². The normalized spacial score (nSPS) is 27.1. The summed E-state index contributed by atoms with van der Waals surface area (Å²) in [6, 6.07) is 40.8. The minimum atomic E-state index is -4.81. The molecule has 4 aromatic heterocycles. The van der Waals surface area contributed by atoms with E-state index in [1.165, 1.54) is 58.0 Å². The van der Waals surface area contributed by atoms with E-state index in [4.69, 9.17) is 4.74 Å². The highest BCUT2D eigenvalue weighted by Gasteiger charge is 2.68.